The van der Waals surface area contributed by atoms with Crippen molar-refractivity contribution in [3.05, 3.63) is 0 Å². The number of carbonyl (C=O) groups excluding carboxylic acids is 1. The molecule has 0 fully saturated rings. The molecule has 0 aromatic heterocycles. The number of phosphoric ester groups is 1. The molecule has 0 rings (SSSR count). The van der Waals surface area contributed by atoms with Gasteiger partial charge in [-0.3, -0.25) is 9.32 Å². The summed E-state index contributed by atoms with van der Waals surface area (Å²) in [5.74, 6) is -1.27. The molecule has 0 aliphatic carbocycles. The molecule has 11 nitrogen and oxygen atoms in total. The van der Waals surface area contributed by atoms with Crippen molar-refractivity contribution in [2.45, 2.75) is 30.7 Å². The molecule has 0 radical (unpaired) electrons. The van der Waals surface area contributed by atoms with Crippen LogP contribution in [0.2, 0.25) is 0 Å². The number of ketones is 1. The topological polar surface area (TPSA) is 205 Å². The molecule has 114 valence electrons. The number of hydrogen-bond donors (Lipinski definition) is 8. The van der Waals surface area contributed by atoms with Crippen LogP contribution in [-0.2, 0) is 13.9 Å². The van der Waals surface area contributed by atoms with Crippen LogP contribution in [0, 0.1) is 0 Å². The smallest absolute Gasteiger partial charge is 0.388 e. The number of aliphatic hydroxyl groups is 6. The van der Waals surface area contributed by atoms with E-state index in [4.69, 9.17) is 25.1 Å². The lowest BCUT2D eigenvalue weighted by atomic mass is 10.00. The van der Waals surface area contributed by atoms with E-state index in [0.717, 1.165) is 0 Å². The molecule has 0 aliphatic heterocycles. The summed E-state index contributed by atoms with van der Waals surface area (Å²) in [4.78, 5) is 27.5. The van der Waals surface area contributed by atoms with Gasteiger partial charge in [0, 0.05) is 0 Å². The predicted octanol–water partition coefficient (Wildman–Crippen LogP) is -4.58. The van der Waals surface area contributed by atoms with Crippen molar-refractivity contribution in [3.8, 4) is 0 Å². The van der Waals surface area contributed by atoms with Gasteiger partial charge in [0.05, 0.1) is 0 Å². The van der Waals surface area contributed by atoms with Crippen LogP contribution in [0.5, 0.6) is 0 Å². The third kappa shape index (κ3) is 6.01. The van der Waals surface area contributed by atoms with E-state index in [1.165, 1.54) is 0 Å². The zero-order chi connectivity index (χ0) is 15.4. The monoisotopic (exact) mass is 306 g/mol. The maximum atomic E-state index is 10.8. The molecule has 0 aliphatic rings. The summed E-state index contributed by atoms with van der Waals surface area (Å²) in [6.07, 6.45) is -12.0. The van der Waals surface area contributed by atoms with Gasteiger partial charge in [0.25, 0.3) is 0 Å². The van der Waals surface area contributed by atoms with Crippen LogP contribution in [0.1, 0.15) is 0 Å². The maximum absolute atomic E-state index is 10.8. The van der Waals surface area contributed by atoms with Crippen molar-refractivity contribution in [1.82, 2.24) is 0 Å². The number of hydrogen-bond acceptors (Lipinski definition) is 9. The van der Waals surface area contributed by atoms with Crippen LogP contribution >= 0.6 is 7.82 Å². The first-order chi connectivity index (χ1) is 8.51. The van der Waals surface area contributed by atoms with Gasteiger partial charge in [0.2, 0.25) is 0 Å². The Balaban J connectivity index is 4.67. The fourth-order valence-corrected chi connectivity index (χ4v) is 1.45. The van der Waals surface area contributed by atoms with Crippen molar-refractivity contribution in [3.63, 3.8) is 0 Å². The van der Waals surface area contributed by atoms with E-state index in [9.17, 15) is 24.7 Å². The van der Waals surface area contributed by atoms with Crippen LogP contribution in [0.25, 0.3) is 0 Å². The highest BCUT2D eigenvalue weighted by molar-refractivity contribution is 7.46. The van der Waals surface area contributed by atoms with Crippen LogP contribution < -0.4 is 0 Å². The number of carbonyl (C=O) groups is 1. The van der Waals surface area contributed by atoms with E-state index in [2.05, 4.69) is 4.52 Å². The fraction of sp³-hybridized carbons (Fsp3) is 0.857. The lowest BCUT2D eigenvalue weighted by molar-refractivity contribution is -0.185. The first-order valence-electron chi connectivity index (χ1n) is 4.79. The molecule has 19 heavy (non-hydrogen) atoms. The zero-order valence-corrected chi connectivity index (χ0v) is 10.2. The Hall–Kier alpha value is -0.460. The first-order valence-corrected chi connectivity index (χ1v) is 6.32. The van der Waals surface area contributed by atoms with E-state index >= 15 is 0 Å². The summed E-state index contributed by atoms with van der Waals surface area (Å²) in [6.45, 7) is -1.15. The van der Waals surface area contributed by atoms with Gasteiger partial charge in [0.1, 0.15) is 31.0 Å². The minimum atomic E-state index is -5.17. The van der Waals surface area contributed by atoms with Crippen molar-refractivity contribution in [2.75, 3.05) is 6.61 Å². The third-order valence-electron chi connectivity index (χ3n) is 2.05. The minimum absolute atomic E-state index is 1.15. The summed E-state index contributed by atoms with van der Waals surface area (Å²) < 4.78 is 14.0. The van der Waals surface area contributed by atoms with Crippen molar-refractivity contribution in [1.29, 1.82) is 0 Å². The van der Waals surface area contributed by atoms with Crippen LogP contribution in [-0.4, -0.2) is 83.5 Å². The van der Waals surface area contributed by atoms with E-state index in [-0.39, 0.29) is 0 Å². The molecule has 0 heterocycles. The molecule has 0 saturated carbocycles. The number of phosphoric acid groups is 1. The second kappa shape index (κ2) is 7.36. The highest BCUT2D eigenvalue weighted by Crippen LogP contribution is 2.38. The summed E-state index contributed by atoms with van der Waals surface area (Å²) in [5, 5.41) is 54.3. The van der Waals surface area contributed by atoms with Crippen LogP contribution in [0.15, 0.2) is 0 Å². The van der Waals surface area contributed by atoms with Gasteiger partial charge in [-0.05, 0) is 0 Å². The van der Waals surface area contributed by atoms with Crippen LogP contribution in [0.3, 0.4) is 0 Å². The fourth-order valence-electron chi connectivity index (χ4n) is 1.04. The Labute approximate surface area is 106 Å². The van der Waals surface area contributed by atoms with Gasteiger partial charge >= 0.3 is 7.82 Å². The molecular weight excluding hydrogens is 291 g/mol. The van der Waals surface area contributed by atoms with Gasteiger partial charge < -0.3 is 40.4 Å². The Morgan fingerprint density at radius 1 is 1.00 bits per heavy atom. The second-order valence-corrected chi connectivity index (χ2v) is 4.72. The Bertz CT molecular complexity index is 340. The highest BCUT2D eigenvalue weighted by atomic mass is 31.2. The van der Waals surface area contributed by atoms with Crippen molar-refractivity contribution >= 4 is 13.6 Å². The number of aliphatic hydroxyl groups excluding tert-OH is 6. The van der Waals surface area contributed by atoms with Gasteiger partial charge in [-0.1, -0.05) is 0 Å². The molecule has 1 unspecified atom stereocenters. The first kappa shape index (κ1) is 18.5. The second-order valence-electron chi connectivity index (χ2n) is 3.53. The normalized spacial score (nSPS) is 20.4. The largest absolute Gasteiger partial charge is 0.472 e. The third-order valence-corrected chi connectivity index (χ3v) is 2.54. The van der Waals surface area contributed by atoms with E-state index in [1.54, 1.807) is 0 Å². The molecule has 0 bridgehead atoms. The summed E-state index contributed by atoms with van der Waals surface area (Å²) in [6, 6.07) is 0. The average Bonchev–Trinajstić information content (AvgIpc) is 2.31. The molecule has 12 heteroatoms. The molecular formula is C7H15O11P. The molecule has 0 amide bonds. The lowest BCUT2D eigenvalue weighted by Crippen LogP contribution is -2.52. The van der Waals surface area contributed by atoms with Gasteiger partial charge in [-0.25, -0.2) is 4.57 Å². The minimum Gasteiger partial charge on any atom is -0.388 e. The Kier molecular flexibility index (Phi) is 7.18. The molecule has 0 aromatic rings. The quantitative estimate of drug-likeness (QED) is 0.158. The molecule has 0 spiro atoms. The summed E-state index contributed by atoms with van der Waals surface area (Å²) >= 11 is 0. The predicted molar refractivity (Wildman–Crippen MR) is 55.3 cm³/mol. The highest BCUT2D eigenvalue weighted by Gasteiger charge is 2.39. The van der Waals surface area contributed by atoms with Crippen LogP contribution in [0.4, 0.5) is 0 Å². The standard InChI is InChI=1S/C7H15O11P/c8-1-2(9)3(10)4(11)5(12)6(13)7(14)18-19(15,16)17/h3-8,10-14H,1H2,(H2,15,16,17)/t3-,4-,5-,6-,7?/m1/s1. The number of rotatable bonds is 8. The summed E-state index contributed by atoms with van der Waals surface area (Å²) in [5.41, 5.74) is 0. The van der Waals surface area contributed by atoms with E-state index < -0.39 is 50.9 Å². The molecule has 0 aromatic carbocycles. The van der Waals surface area contributed by atoms with Gasteiger partial charge in [-0.2, -0.15) is 0 Å². The van der Waals surface area contributed by atoms with Gasteiger partial charge in [-0.15, -0.1) is 0 Å². The Morgan fingerprint density at radius 2 is 1.47 bits per heavy atom. The zero-order valence-electron chi connectivity index (χ0n) is 9.34. The average molecular weight is 306 g/mol. The number of Topliss-reactive ketones (excluding diaryl/α,β-unsaturated/α-hetero) is 1. The Morgan fingerprint density at radius 3 is 1.84 bits per heavy atom. The lowest BCUT2D eigenvalue weighted by Gasteiger charge is -2.28. The molecule has 0 saturated heterocycles. The molecule has 8 N–H and O–H groups in total. The maximum Gasteiger partial charge on any atom is 0.472 e. The van der Waals surface area contributed by atoms with Gasteiger partial charge in [0.15, 0.2) is 12.1 Å². The summed E-state index contributed by atoms with van der Waals surface area (Å²) in [7, 11) is -5.17. The van der Waals surface area contributed by atoms with Crippen molar-refractivity contribution < 1.29 is 54.3 Å². The van der Waals surface area contributed by atoms with E-state index in [0.29, 0.717) is 0 Å². The van der Waals surface area contributed by atoms with Crippen molar-refractivity contribution in [2.24, 2.45) is 0 Å². The SMILES string of the molecule is O=C(CO)[C@@H](O)[C@@H](O)[C@@H](O)[C@@H](O)C(O)OP(=O)(O)O. The molecule has 5 atom stereocenters. The van der Waals surface area contributed by atoms with E-state index in [1.807, 2.05) is 0 Å².